The van der Waals surface area contributed by atoms with Crippen LogP contribution in [0.3, 0.4) is 0 Å². The molecule has 0 radical (unpaired) electrons. The number of hydrogen-bond donors (Lipinski definition) is 1. The van der Waals surface area contributed by atoms with Crippen molar-refractivity contribution in [3.8, 4) is 0 Å². The first-order chi connectivity index (χ1) is 24.1. The van der Waals surface area contributed by atoms with Crippen molar-refractivity contribution in [1.29, 1.82) is 0 Å². The van der Waals surface area contributed by atoms with E-state index in [1.807, 2.05) is 0 Å². The predicted molar refractivity (Wildman–Crippen MR) is 210 cm³/mol. The molecule has 280 valence electrons. The Kier molecular flexibility index (Phi) is 37.6. The van der Waals surface area contributed by atoms with Gasteiger partial charge in [-0.15, -0.1) is 0 Å². The number of carbonyl (C=O) groups is 2. The van der Waals surface area contributed by atoms with Gasteiger partial charge >= 0.3 is 11.9 Å². The summed E-state index contributed by atoms with van der Waals surface area (Å²) in [5.41, 5.74) is 0. The number of hydrogen-bond acceptors (Lipinski definition) is 5. The van der Waals surface area contributed by atoms with Crippen LogP contribution in [0, 0.1) is 0 Å². The highest BCUT2D eigenvalue weighted by Crippen LogP contribution is 2.13. The van der Waals surface area contributed by atoms with Gasteiger partial charge in [-0.05, 0) is 64.2 Å². The predicted octanol–water partition coefficient (Wildman–Crippen LogP) is 12.6. The molecule has 0 aromatic rings. The van der Waals surface area contributed by atoms with Gasteiger partial charge in [0.1, 0.15) is 6.61 Å². The molecular weight excluding hydrogens is 608 g/mol. The quantitative estimate of drug-likeness (QED) is 0.0409. The number of rotatable bonds is 35. The molecule has 0 rings (SSSR count). The lowest BCUT2D eigenvalue weighted by Crippen LogP contribution is -2.28. The minimum Gasteiger partial charge on any atom is -0.462 e. The van der Waals surface area contributed by atoms with Gasteiger partial charge in [0.15, 0.2) is 6.10 Å². The molecule has 0 aromatic carbocycles. The fourth-order valence-corrected chi connectivity index (χ4v) is 5.26. The highest BCUT2D eigenvalue weighted by atomic mass is 16.6. The van der Waals surface area contributed by atoms with E-state index in [0.717, 1.165) is 89.9 Å². The van der Waals surface area contributed by atoms with Gasteiger partial charge in [0.25, 0.3) is 0 Å². The van der Waals surface area contributed by atoms with Crippen LogP contribution >= 0.6 is 0 Å². The van der Waals surface area contributed by atoms with Crippen LogP contribution in [0.15, 0.2) is 72.9 Å². The number of aliphatic hydroxyl groups is 1. The summed E-state index contributed by atoms with van der Waals surface area (Å²) in [5.74, 6) is -0.624. The number of unbranched alkanes of at least 4 members (excludes halogenated alkanes) is 15. The minimum absolute atomic E-state index is 0.0781. The highest BCUT2D eigenvalue weighted by Gasteiger charge is 2.16. The van der Waals surface area contributed by atoms with Crippen LogP contribution < -0.4 is 0 Å². The lowest BCUT2D eigenvalue weighted by atomic mass is 10.0. The molecule has 49 heavy (non-hydrogen) atoms. The van der Waals surface area contributed by atoms with E-state index in [1.54, 1.807) is 0 Å². The number of aliphatic hydroxyl groups excluding tert-OH is 1. The SMILES string of the molecule is CC/C=C\C/C=C\C/C=C\C/C=C\C/C=C\C/C=C\CCCCCCC(=O)OC(CO)COC(=O)CCCCCCCCCCCCCC. The molecule has 0 aliphatic heterocycles. The number of carbonyl (C=O) groups excluding carboxylic acids is 2. The molecule has 5 nitrogen and oxygen atoms in total. The number of allylic oxidation sites excluding steroid dienone is 12. The van der Waals surface area contributed by atoms with Crippen molar-refractivity contribution in [3.05, 3.63) is 72.9 Å². The van der Waals surface area contributed by atoms with E-state index in [-0.39, 0.29) is 25.2 Å². The number of ether oxygens (including phenoxy) is 2. The van der Waals surface area contributed by atoms with E-state index in [2.05, 4.69) is 86.8 Å². The third-order valence-corrected chi connectivity index (χ3v) is 8.26. The van der Waals surface area contributed by atoms with Crippen LogP contribution in [0.5, 0.6) is 0 Å². The van der Waals surface area contributed by atoms with Gasteiger partial charge in [-0.2, -0.15) is 0 Å². The van der Waals surface area contributed by atoms with Gasteiger partial charge < -0.3 is 14.6 Å². The average Bonchev–Trinajstić information content (AvgIpc) is 3.10. The zero-order valence-corrected chi connectivity index (χ0v) is 31.7. The summed E-state index contributed by atoms with van der Waals surface area (Å²) in [6.07, 6.45) is 52.5. The maximum absolute atomic E-state index is 12.2. The van der Waals surface area contributed by atoms with E-state index in [1.165, 1.54) is 57.8 Å². The van der Waals surface area contributed by atoms with Crippen LogP contribution in [0.2, 0.25) is 0 Å². The summed E-state index contributed by atoms with van der Waals surface area (Å²) in [4.78, 5) is 24.2. The van der Waals surface area contributed by atoms with Crippen molar-refractivity contribution >= 4 is 11.9 Å². The van der Waals surface area contributed by atoms with E-state index >= 15 is 0 Å². The summed E-state index contributed by atoms with van der Waals surface area (Å²) in [6.45, 7) is 3.99. The smallest absolute Gasteiger partial charge is 0.306 e. The molecule has 0 heterocycles. The molecule has 5 heteroatoms. The molecule has 1 unspecified atom stereocenters. The van der Waals surface area contributed by atoms with Crippen molar-refractivity contribution in [2.45, 2.75) is 180 Å². The zero-order valence-electron chi connectivity index (χ0n) is 31.7. The molecule has 0 aromatic heterocycles. The van der Waals surface area contributed by atoms with Crippen LogP contribution in [0.1, 0.15) is 174 Å². The molecule has 0 amide bonds. The lowest BCUT2D eigenvalue weighted by molar-refractivity contribution is -0.161. The van der Waals surface area contributed by atoms with Crippen LogP contribution in [-0.2, 0) is 19.1 Å². The van der Waals surface area contributed by atoms with Crippen molar-refractivity contribution in [1.82, 2.24) is 0 Å². The summed E-state index contributed by atoms with van der Waals surface area (Å²) >= 11 is 0. The summed E-state index contributed by atoms with van der Waals surface area (Å²) in [5, 5.41) is 9.55. The molecule has 0 aliphatic rings. The van der Waals surface area contributed by atoms with Crippen molar-refractivity contribution < 1.29 is 24.2 Å². The fourth-order valence-electron chi connectivity index (χ4n) is 5.26. The van der Waals surface area contributed by atoms with Crippen LogP contribution in [0.25, 0.3) is 0 Å². The third kappa shape index (κ3) is 38.0. The molecule has 0 aliphatic carbocycles. The first kappa shape index (κ1) is 46.3. The Morgan fingerprint density at radius 3 is 1.33 bits per heavy atom. The van der Waals surface area contributed by atoms with E-state index in [0.29, 0.717) is 12.8 Å². The number of esters is 2. The maximum Gasteiger partial charge on any atom is 0.306 e. The second-order valence-electron chi connectivity index (χ2n) is 13.0. The van der Waals surface area contributed by atoms with Crippen molar-refractivity contribution in [2.75, 3.05) is 13.2 Å². The van der Waals surface area contributed by atoms with E-state index in [4.69, 9.17) is 9.47 Å². The van der Waals surface area contributed by atoms with Crippen LogP contribution in [0.4, 0.5) is 0 Å². The molecule has 0 saturated carbocycles. The van der Waals surface area contributed by atoms with Gasteiger partial charge in [-0.25, -0.2) is 0 Å². The Balaban J connectivity index is 3.65. The average molecular weight is 683 g/mol. The molecule has 0 saturated heterocycles. The Morgan fingerprint density at radius 1 is 0.490 bits per heavy atom. The Morgan fingerprint density at radius 2 is 0.878 bits per heavy atom. The van der Waals surface area contributed by atoms with Crippen LogP contribution in [-0.4, -0.2) is 36.4 Å². The van der Waals surface area contributed by atoms with E-state index in [9.17, 15) is 14.7 Å². The Bertz CT molecular complexity index is 910. The zero-order chi connectivity index (χ0) is 35.7. The van der Waals surface area contributed by atoms with Gasteiger partial charge in [-0.1, -0.05) is 170 Å². The normalized spacial score (nSPS) is 13.0. The van der Waals surface area contributed by atoms with Gasteiger partial charge in [0.2, 0.25) is 0 Å². The molecule has 0 bridgehead atoms. The molecule has 0 fully saturated rings. The fraction of sp³-hybridized carbons (Fsp3) is 0.682. The summed E-state index contributed by atoms with van der Waals surface area (Å²) in [7, 11) is 0. The minimum atomic E-state index is -0.786. The standard InChI is InChI=1S/C44H74O5/c1-3-5-7-9-11-13-15-17-18-19-20-21-22-23-24-25-26-27-29-31-33-35-37-39-44(47)49-42(40-45)41-48-43(46)38-36-34-32-30-28-16-14-12-10-8-6-4-2/h5,7,11,13,17-18,20-21,23-24,26-27,42,45H,3-4,6,8-10,12,14-16,19,22,25,28-41H2,1-2H3/b7-5-,13-11-,18-17-,21-20-,24-23-,27-26-. The van der Waals surface area contributed by atoms with Crippen molar-refractivity contribution in [2.24, 2.45) is 0 Å². The second kappa shape index (κ2) is 39.8. The molecule has 1 atom stereocenters. The molecule has 1 N–H and O–H groups in total. The third-order valence-electron chi connectivity index (χ3n) is 8.26. The van der Waals surface area contributed by atoms with Gasteiger partial charge in [0.05, 0.1) is 6.61 Å². The Labute approximate surface area is 302 Å². The first-order valence-corrected chi connectivity index (χ1v) is 20.0. The first-order valence-electron chi connectivity index (χ1n) is 20.0. The highest BCUT2D eigenvalue weighted by molar-refractivity contribution is 5.70. The monoisotopic (exact) mass is 683 g/mol. The molecule has 0 spiro atoms. The topological polar surface area (TPSA) is 72.8 Å². The van der Waals surface area contributed by atoms with Gasteiger partial charge in [0, 0.05) is 12.8 Å². The van der Waals surface area contributed by atoms with E-state index < -0.39 is 6.10 Å². The Hall–Kier alpha value is -2.66. The lowest BCUT2D eigenvalue weighted by Gasteiger charge is -2.15. The largest absolute Gasteiger partial charge is 0.462 e. The van der Waals surface area contributed by atoms with Gasteiger partial charge in [-0.3, -0.25) is 9.59 Å². The van der Waals surface area contributed by atoms with Crippen molar-refractivity contribution in [3.63, 3.8) is 0 Å². The summed E-state index contributed by atoms with van der Waals surface area (Å²) < 4.78 is 10.6. The molecular formula is C44H74O5. The second-order valence-corrected chi connectivity index (χ2v) is 13.0. The summed E-state index contributed by atoms with van der Waals surface area (Å²) in [6, 6.07) is 0. The maximum atomic E-state index is 12.2.